The van der Waals surface area contributed by atoms with E-state index in [9.17, 15) is 29.5 Å². The van der Waals surface area contributed by atoms with E-state index in [1.54, 1.807) is 13.8 Å². The normalized spacial score (nSPS) is 24.2. The Kier molecular flexibility index (Phi) is 9.95. The van der Waals surface area contributed by atoms with Crippen LogP contribution >= 0.6 is 19.5 Å². The molecule has 2 aromatic heterocycles. The summed E-state index contributed by atoms with van der Waals surface area (Å²) in [5.41, 5.74) is 3.61. The first kappa shape index (κ1) is 32.3. The second-order valence-electron chi connectivity index (χ2n) is 11.1. The molecule has 1 fully saturated rings. The minimum atomic E-state index is -3.96. The summed E-state index contributed by atoms with van der Waals surface area (Å²) in [5, 5.41) is 34.4. The SMILES string of the molecule is CC(C)(CO)C(=O)SCCOP(=O)(NCc1ccccc1)OC[C@H]1C[C@@H](n2cnc3c(=O)[nH]c(N)nc32)[C@](C)(O)[C@@H]1O. The van der Waals surface area contributed by atoms with E-state index in [0.717, 1.165) is 17.3 Å². The molecule has 7 N–H and O–H groups in total. The molecule has 42 heavy (non-hydrogen) atoms. The fourth-order valence-corrected chi connectivity index (χ4v) is 7.00. The smallest absolute Gasteiger partial charge is 0.395 e. The van der Waals surface area contributed by atoms with E-state index in [0.29, 0.717) is 0 Å². The number of fused-ring (bicyclic) bond motifs is 1. The summed E-state index contributed by atoms with van der Waals surface area (Å²) in [6, 6.07) is 8.45. The summed E-state index contributed by atoms with van der Waals surface area (Å²) < 4.78 is 26.7. The number of anilines is 1. The molecule has 0 saturated heterocycles. The third kappa shape index (κ3) is 7.12. The van der Waals surface area contributed by atoms with Crippen LogP contribution in [-0.2, 0) is 25.0 Å². The summed E-state index contributed by atoms with van der Waals surface area (Å²) in [6.07, 6.45) is 0.233. The lowest BCUT2D eigenvalue weighted by Crippen LogP contribution is -2.43. The van der Waals surface area contributed by atoms with Crippen molar-refractivity contribution >= 4 is 41.7 Å². The minimum absolute atomic E-state index is 0.0379. The number of nitrogens with one attached hydrogen (secondary N) is 2. The number of thioether (sulfide) groups is 1. The number of hydrogen-bond donors (Lipinski definition) is 6. The van der Waals surface area contributed by atoms with Crippen LogP contribution in [0.3, 0.4) is 0 Å². The standard InChI is InChI=1S/C26H37N6O8PS/c1-25(2,14-33)23(36)42-10-9-39-41(38,29-12-16-7-5-4-6-8-16)40-13-17-11-18(26(3,37)20(17)34)32-15-28-19-21(32)30-24(27)31-22(19)35/h4-8,15,17-18,20,33-34,37H,9-14H2,1-3H3,(H,29,38)(H3,27,30,31,35)/t17-,18-,20-,26+,41?/m1/s1. The van der Waals surface area contributed by atoms with Crippen LogP contribution in [0, 0.1) is 11.3 Å². The van der Waals surface area contributed by atoms with Crippen molar-refractivity contribution in [2.75, 3.05) is 31.3 Å². The van der Waals surface area contributed by atoms with Crippen LogP contribution in [0.5, 0.6) is 0 Å². The van der Waals surface area contributed by atoms with Gasteiger partial charge in [0.05, 0.1) is 43.7 Å². The first-order valence-corrected chi connectivity index (χ1v) is 15.9. The van der Waals surface area contributed by atoms with Crippen LogP contribution in [0.15, 0.2) is 41.5 Å². The fraction of sp³-hybridized carbons (Fsp3) is 0.538. The molecule has 14 nitrogen and oxygen atoms in total. The zero-order valence-corrected chi connectivity index (χ0v) is 25.3. The Hall–Kier alpha value is -2.62. The van der Waals surface area contributed by atoms with Crippen molar-refractivity contribution in [2.45, 2.75) is 51.5 Å². The number of hydrogen-bond acceptors (Lipinski definition) is 12. The average Bonchev–Trinajstić information content (AvgIpc) is 3.47. The van der Waals surface area contributed by atoms with Crippen molar-refractivity contribution in [1.29, 1.82) is 0 Å². The molecule has 0 spiro atoms. The zero-order valence-electron chi connectivity index (χ0n) is 23.6. The predicted octanol–water partition coefficient (Wildman–Crippen LogP) is 1.58. The van der Waals surface area contributed by atoms with Gasteiger partial charge in [-0.15, -0.1) is 0 Å². The first-order chi connectivity index (χ1) is 19.8. The van der Waals surface area contributed by atoms with E-state index < -0.39 is 42.4 Å². The molecule has 1 aromatic carbocycles. The molecule has 5 atom stereocenters. The Morgan fingerprint density at radius 3 is 2.74 bits per heavy atom. The van der Waals surface area contributed by atoms with E-state index in [1.165, 1.54) is 17.8 Å². The highest BCUT2D eigenvalue weighted by atomic mass is 32.2. The number of carbonyl (C=O) groups is 1. The third-order valence-electron chi connectivity index (χ3n) is 7.34. The van der Waals surface area contributed by atoms with Crippen LogP contribution in [-0.4, -0.2) is 77.2 Å². The number of aliphatic hydroxyl groups is 3. The lowest BCUT2D eigenvalue weighted by atomic mass is 9.96. The number of aromatic nitrogens is 4. The van der Waals surface area contributed by atoms with E-state index in [2.05, 4.69) is 20.0 Å². The molecule has 0 radical (unpaired) electrons. The summed E-state index contributed by atoms with van der Waals surface area (Å²) in [6.45, 7) is 4.25. The van der Waals surface area contributed by atoms with Crippen LogP contribution in [0.4, 0.5) is 5.95 Å². The van der Waals surface area contributed by atoms with Crippen molar-refractivity contribution in [3.05, 3.63) is 52.6 Å². The molecule has 2 heterocycles. The third-order valence-corrected chi connectivity index (χ3v) is 10.1. The molecule has 1 unspecified atom stereocenters. The monoisotopic (exact) mass is 624 g/mol. The lowest BCUT2D eigenvalue weighted by Gasteiger charge is -2.30. The number of H-pyrrole nitrogens is 1. The van der Waals surface area contributed by atoms with Crippen LogP contribution in [0.1, 0.15) is 38.8 Å². The van der Waals surface area contributed by atoms with Crippen molar-refractivity contribution in [3.8, 4) is 0 Å². The molecule has 0 bridgehead atoms. The summed E-state index contributed by atoms with van der Waals surface area (Å²) >= 11 is 0.959. The summed E-state index contributed by atoms with van der Waals surface area (Å²) in [5.74, 6) is -0.623. The van der Waals surface area contributed by atoms with E-state index in [1.807, 2.05) is 30.3 Å². The molecule has 230 valence electrons. The van der Waals surface area contributed by atoms with Gasteiger partial charge in [0.2, 0.25) is 5.95 Å². The fourth-order valence-electron chi connectivity index (χ4n) is 4.71. The number of nitrogen functional groups attached to an aromatic ring is 1. The van der Waals surface area contributed by atoms with Gasteiger partial charge in [-0.1, -0.05) is 42.1 Å². The van der Waals surface area contributed by atoms with Crippen molar-refractivity contribution in [3.63, 3.8) is 0 Å². The number of carbonyl (C=O) groups excluding carboxylic acids is 1. The van der Waals surface area contributed by atoms with E-state index >= 15 is 0 Å². The maximum atomic E-state index is 13.8. The molecule has 0 amide bonds. The van der Waals surface area contributed by atoms with E-state index in [-0.39, 0.29) is 60.8 Å². The van der Waals surface area contributed by atoms with Gasteiger partial charge in [-0.25, -0.2) is 14.6 Å². The summed E-state index contributed by atoms with van der Waals surface area (Å²) in [4.78, 5) is 35.2. The Bertz CT molecular complexity index is 1500. The van der Waals surface area contributed by atoms with Gasteiger partial charge in [0.15, 0.2) is 16.3 Å². The zero-order chi connectivity index (χ0) is 30.7. The molecular weight excluding hydrogens is 587 g/mol. The van der Waals surface area contributed by atoms with Crippen LogP contribution in [0.2, 0.25) is 0 Å². The Morgan fingerprint density at radius 1 is 1.33 bits per heavy atom. The van der Waals surface area contributed by atoms with Gasteiger partial charge >= 0.3 is 7.75 Å². The quantitative estimate of drug-likeness (QED) is 0.118. The number of nitrogens with two attached hydrogens (primary N) is 1. The maximum Gasteiger partial charge on any atom is 0.405 e. The highest BCUT2D eigenvalue weighted by Crippen LogP contribution is 2.49. The van der Waals surface area contributed by atoms with Gasteiger partial charge in [0.1, 0.15) is 5.60 Å². The molecule has 3 aromatic rings. The number of benzene rings is 1. The van der Waals surface area contributed by atoms with Gasteiger partial charge < -0.3 is 25.6 Å². The molecule has 0 aliphatic heterocycles. The Morgan fingerprint density at radius 2 is 2.05 bits per heavy atom. The van der Waals surface area contributed by atoms with Crippen molar-refractivity contribution < 1.29 is 33.7 Å². The topological polar surface area (TPSA) is 215 Å². The maximum absolute atomic E-state index is 13.8. The molecule has 1 aliphatic rings. The Labute approximate surface area is 246 Å². The number of nitrogens with zero attached hydrogens (tertiary/aromatic N) is 3. The van der Waals surface area contributed by atoms with Gasteiger partial charge in [-0.05, 0) is 32.8 Å². The van der Waals surface area contributed by atoms with Crippen LogP contribution < -0.4 is 16.4 Å². The van der Waals surface area contributed by atoms with Gasteiger partial charge in [0, 0.05) is 18.2 Å². The first-order valence-electron chi connectivity index (χ1n) is 13.4. The van der Waals surface area contributed by atoms with Gasteiger partial charge in [-0.2, -0.15) is 4.98 Å². The molecule has 4 rings (SSSR count). The molecule has 1 saturated carbocycles. The molecular formula is C26H37N6O8PS. The highest BCUT2D eigenvalue weighted by Gasteiger charge is 2.52. The average molecular weight is 625 g/mol. The number of rotatable bonds is 13. The summed E-state index contributed by atoms with van der Waals surface area (Å²) in [7, 11) is -3.96. The molecule has 16 heteroatoms. The second kappa shape index (κ2) is 12.9. The number of aromatic amines is 1. The van der Waals surface area contributed by atoms with Crippen LogP contribution in [0.25, 0.3) is 11.2 Å². The predicted molar refractivity (Wildman–Crippen MR) is 157 cm³/mol. The highest BCUT2D eigenvalue weighted by molar-refractivity contribution is 8.13. The number of aliphatic hydroxyl groups excluding tert-OH is 2. The number of imidazole rings is 1. The lowest BCUT2D eigenvalue weighted by molar-refractivity contribution is -0.119. The Balaban J connectivity index is 1.46. The second-order valence-corrected chi connectivity index (χ2v) is 14.0. The van der Waals surface area contributed by atoms with Crippen molar-refractivity contribution in [2.24, 2.45) is 11.3 Å². The van der Waals surface area contributed by atoms with Crippen molar-refractivity contribution in [1.82, 2.24) is 24.6 Å². The van der Waals surface area contributed by atoms with E-state index in [4.69, 9.17) is 14.8 Å². The molecule has 1 aliphatic carbocycles. The minimum Gasteiger partial charge on any atom is -0.395 e. The van der Waals surface area contributed by atoms with Gasteiger partial charge in [0.25, 0.3) is 5.56 Å². The van der Waals surface area contributed by atoms with Gasteiger partial charge in [-0.3, -0.25) is 23.6 Å². The largest absolute Gasteiger partial charge is 0.405 e.